The summed E-state index contributed by atoms with van der Waals surface area (Å²) in [5.74, 6) is 1.56. The first-order valence-electron chi connectivity index (χ1n) is 8.53. The highest BCUT2D eigenvalue weighted by atomic mass is 28.4. The molecule has 124 valence electrons. The van der Waals surface area contributed by atoms with Crippen molar-refractivity contribution >= 4 is 8.32 Å². The van der Waals surface area contributed by atoms with E-state index in [9.17, 15) is 0 Å². The van der Waals surface area contributed by atoms with Gasteiger partial charge in [0, 0.05) is 0 Å². The Bertz CT molecular complexity index is 632. The number of furan rings is 1. The molecule has 3 rings (SSSR count). The Labute approximate surface area is 141 Å². The number of rotatable bonds is 4. The van der Waals surface area contributed by atoms with Crippen LogP contribution in [0.25, 0.3) is 0 Å². The minimum absolute atomic E-state index is 0.199. The van der Waals surface area contributed by atoms with Crippen LogP contribution in [0.1, 0.15) is 50.9 Å². The van der Waals surface area contributed by atoms with Crippen LogP contribution in [0.15, 0.2) is 53.1 Å². The molecule has 23 heavy (non-hydrogen) atoms. The lowest BCUT2D eigenvalue weighted by Gasteiger charge is -2.52. The molecule has 0 bridgehead atoms. The lowest BCUT2D eigenvalue weighted by atomic mass is 9.67. The molecular weight excluding hydrogens is 300 g/mol. The highest BCUT2D eigenvalue weighted by Gasteiger charge is 2.54. The number of benzene rings is 1. The lowest BCUT2D eigenvalue weighted by molar-refractivity contribution is -0.0586. The molecule has 0 spiro atoms. The second-order valence-electron chi connectivity index (χ2n) is 8.35. The predicted octanol–water partition coefficient (Wildman–Crippen LogP) is 6.07. The molecule has 0 unspecified atom stereocenters. The van der Waals surface area contributed by atoms with Crippen molar-refractivity contribution in [2.75, 3.05) is 0 Å². The first-order chi connectivity index (χ1) is 10.7. The van der Waals surface area contributed by atoms with Crippen molar-refractivity contribution in [2.45, 2.75) is 63.3 Å². The van der Waals surface area contributed by atoms with Crippen molar-refractivity contribution < 1.29 is 8.84 Å². The van der Waals surface area contributed by atoms with Gasteiger partial charge in [-0.3, -0.25) is 0 Å². The maximum Gasteiger partial charge on any atom is 0.193 e. The molecule has 1 aliphatic rings. The molecule has 2 aromatic rings. The topological polar surface area (TPSA) is 22.4 Å². The monoisotopic (exact) mass is 328 g/mol. The van der Waals surface area contributed by atoms with Gasteiger partial charge < -0.3 is 8.84 Å². The molecule has 1 heterocycles. The molecule has 3 heteroatoms. The normalized spacial score (nSPS) is 25.2. The van der Waals surface area contributed by atoms with Gasteiger partial charge in [0.25, 0.3) is 0 Å². The third-order valence-corrected chi connectivity index (χ3v) is 10.2. The molecule has 1 aliphatic carbocycles. The third kappa shape index (κ3) is 3.04. The first kappa shape index (κ1) is 16.5. The average Bonchev–Trinajstić information content (AvgIpc) is 2.96. The van der Waals surface area contributed by atoms with Gasteiger partial charge >= 0.3 is 0 Å². The van der Waals surface area contributed by atoms with Crippen LogP contribution in [0.4, 0.5) is 0 Å². The summed E-state index contributed by atoms with van der Waals surface area (Å²) in [6.07, 6.45) is 3.79. The molecule has 1 fully saturated rings. The fourth-order valence-corrected chi connectivity index (χ4v) is 4.76. The van der Waals surface area contributed by atoms with Crippen LogP contribution >= 0.6 is 0 Å². The van der Waals surface area contributed by atoms with Crippen LogP contribution in [0.5, 0.6) is 0 Å². The van der Waals surface area contributed by atoms with Crippen molar-refractivity contribution in [1.82, 2.24) is 0 Å². The molecule has 2 nitrogen and oxygen atoms in total. The summed E-state index contributed by atoms with van der Waals surface area (Å²) >= 11 is 0. The zero-order valence-corrected chi connectivity index (χ0v) is 15.9. The van der Waals surface area contributed by atoms with Gasteiger partial charge in [0.2, 0.25) is 0 Å². The van der Waals surface area contributed by atoms with Gasteiger partial charge in [0.15, 0.2) is 8.32 Å². The zero-order chi connectivity index (χ0) is 16.7. The number of hydrogen-bond acceptors (Lipinski definition) is 2. The Hall–Kier alpha value is -1.32. The standard InChI is InChI=1S/C20H28O2Si/c1-19(2,3)23(4,5)22-20(18-12-9-13-21-18)14-17(15-20)16-10-7-6-8-11-16/h6-13,17H,14-15H2,1-5H3. The Morgan fingerprint density at radius 2 is 1.70 bits per heavy atom. The van der Waals surface area contributed by atoms with Crippen LogP contribution in [-0.4, -0.2) is 8.32 Å². The quantitative estimate of drug-likeness (QED) is 0.635. The molecule has 0 aliphatic heterocycles. The highest BCUT2D eigenvalue weighted by Crippen LogP contribution is 2.56. The van der Waals surface area contributed by atoms with E-state index in [0.29, 0.717) is 5.92 Å². The van der Waals surface area contributed by atoms with Gasteiger partial charge in [-0.1, -0.05) is 51.1 Å². The molecule has 0 saturated heterocycles. The van der Waals surface area contributed by atoms with Crippen LogP contribution in [0.3, 0.4) is 0 Å². The van der Waals surface area contributed by atoms with Crippen LogP contribution in [-0.2, 0) is 10.0 Å². The summed E-state index contributed by atoms with van der Waals surface area (Å²) in [5, 5.41) is 0.199. The summed E-state index contributed by atoms with van der Waals surface area (Å²) in [6, 6.07) is 14.8. The van der Waals surface area contributed by atoms with E-state index in [4.69, 9.17) is 8.84 Å². The summed E-state index contributed by atoms with van der Waals surface area (Å²) in [6.45, 7) is 11.5. The van der Waals surface area contributed by atoms with Crippen molar-refractivity contribution in [3.05, 3.63) is 60.1 Å². The lowest BCUT2D eigenvalue weighted by Crippen LogP contribution is -2.53. The fraction of sp³-hybridized carbons (Fsp3) is 0.500. The molecule has 0 N–H and O–H groups in total. The van der Waals surface area contributed by atoms with E-state index in [1.54, 1.807) is 6.26 Å². The van der Waals surface area contributed by atoms with Crippen LogP contribution in [0, 0.1) is 0 Å². The largest absolute Gasteiger partial charge is 0.466 e. The Kier molecular flexibility index (Phi) is 4.05. The molecular formula is C20H28O2Si. The molecule has 1 aromatic heterocycles. The second-order valence-corrected chi connectivity index (χ2v) is 13.1. The van der Waals surface area contributed by atoms with E-state index in [0.717, 1.165) is 18.6 Å². The molecule has 0 atom stereocenters. The van der Waals surface area contributed by atoms with Gasteiger partial charge in [-0.15, -0.1) is 0 Å². The predicted molar refractivity (Wildman–Crippen MR) is 97.1 cm³/mol. The summed E-state index contributed by atoms with van der Waals surface area (Å²) in [4.78, 5) is 0. The fourth-order valence-electron chi connectivity index (χ4n) is 3.21. The summed E-state index contributed by atoms with van der Waals surface area (Å²) in [7, 11) is -1.86. The second kappa shape index (κ2) is 5.64. The zero-order valence-electron chi connectivity index (χ0n) is 14.9. The van der Waals surface area contributed by atoms with Crippen molar-refractivity contribution in [2.24, 2.45) is 0 Å². The van der Waals surface area contributed by atoms with Gasteiger partial charge in [-0.05, 0) is 54.6 Å². The van der Waals surface area contributed by atoms with Crippen LogP contribution < -0.4 is 0 Å². The van der Waals surface area contributed by atoms with Gasteiger partial charge in [-0.2, -0.15) is 0 Å². The van der Waals surface area contributed by atoms with E-state index in [1.165, 1.54) is 5.56 Å². The van der Waals surface area contributed by atoms with E-state index in [2.05, 4.69) is 70.3 Å². The molecule has 1 saturated carbocycles. The third-order valence-electron chi connectivity index (χ3n) is 5.65. The minimum Gasteiger partial charge on any atom is -0.466 e. The first-order valence-corrected chi connectivity index (χ1v) is 11.4. The Morgan fingerprint density at radius 1 is 1.04 bits per heavy atom. The van der Waals surface area contributed by atoms with Gasteiger partial charge in [-0.25, -0.2) is 0 Å². The Balaban J connectivity index is 1.85. The molecule has 0 radical (unpaired) electrons. The van der Waals surface area contributed by atoms with Gasteiger partial charge in [0.1, 0.15) is 11.4 Å². The van der Waals surface area contributed by atoms with E-state index in [1.807, 2.05) is 6.07 Å². The van der Waals surface area contributed by atoms with Crippen molar-refractivity contribution in [1.29, 1.82) is 0 Å². The summed E-state index contributed by atoms with van der Waals surface area (Å²) in [5.41, 5.74) is 1.17. The van der Waals surface area contributed by atoms with Crippen LogP contribution in [0.2, 0.25) is 18.1 Å². The van der Waals surface area contributed by atoms with Crippen molar-refractivity contribution in [3.8, 4) is 0 Å². The maximum absolute atomic E-state index is 6.87. The van der Waals surface area contributed by atoms with E-state index < -0.39 is 8.32 Å². The Morgan fingerprint density at radius 3 is 2.22 bits per heavy atom. The SMILES string of the molecule is CC(C)(C)[Si](C)(C)OC1(c2ccco2)CC(c2ccccc2)C1. The number of hydrogen-bond donors (Lipinski definition) is 0. The van der Waals surface area contributed by atoms with E-state index >= 15 is 0 Å². The average molecular weight is 329 g/mol. The van der Waals surface area contributed by atoms with Gasteiger partial charge in [0.05, 0.1) is 6.26 Å². The maximum atomic E-state index is 6.87. The van der Waals surface area contributed by atoms with Crippen molar-refractivity contribution in [3.63, 3.8) is 0 Å². The highest BCUT2D eigenvalue weighted by molar-refractivity contribution is 6.74. The minimum atomic E-state index is -1.86. The molecule has 1 aromatic carbocycles. The van der Waals surface area contributed by atoms with E-state index in [-0.39, 0.29) is 10.6 Å². The smallest absolute Gasteiger partial charge is 0.193 e. The molecule has 0 amide bonds. The summed E-state index contributed by atoms with van der Waals surface area (Å²) < 4.78 is 12.6.